The highest BCUT2D eigenvalue weighted by molar-refractivity contribution is 6.04. The molecule has 2 aliphatic heterocycles. The van der Waals surface area contributed by atoms with Crippen LogP contribution in [0.4, 0.5) is 0 Å². The van der Waals surface area contributed by atoms with Gasteiger partial charge in [-0.05, 0) is 26.0 Å². The van der Waals surface area contributed by atoms with Crippen LogP contribution in [0.2, 0.25) is 0 Å². The summed E-state index contributed by atoms with van der Waals surface area (Å²) in [5.41, 5.74) is 7.12. The zero-order valence-corrected chi connectivity index (χ0v) is 12.3. The molecule has 0 unspecified atom stereocenters. The molecule has 0 aromatic rings. The van der Waals surface area contributed by atoms with Crippen LogP contribution >= 0.6 is 0 Å². The molecule has 0 aromatic heterocycles. The van der Waals surface area contributed by atoms with Gasteiger partial charge in [0.25, 0.3) is 5.91 Å². The molecule has 2 aliphatic rings. The molecule has 0 radical (unpaired) electrons. The van der Waals surface area contributed by atoms with Crippen LogP contribution in [0.5, 0.6) is 0 Å². The molecular weight excluding hydrogens is 256 g/mol. The number of ether oxygens (including phenoxy) is 1. The molecule has 2 rings (SSSR count). The summed E-state index contributed by atoms with van der Waals surface area (Å²) in [5.74, 6) is -0.0968. The Bertz CT molecular complexity index is 419. The molecule has 0 bridgehead atoms. The topological polar surface area (TPSA) is 71.2 Å². The Kier molecular flexibility index (Phi) is 5.14. The van der Waals surface area contributed by atoms with Crippen LogP contribution in [0.25, 0.3) is 0 Å². The largest absolute Gasteiger partial charge is 0.394 e. The van der Waals surface area contributed by atoms with Crippen molar-refractivity contribution in [1.82, 2.24) is 9.80 Å². The van der Waals surface area contributed by atoms with Gasteiger partial charge in [-0.3, -0.25) is 14.7 Å². The summed E-state index contributed by atoms with van der Waals surface area (Å²) >= 11 is 0. The average Bonchev–Trinajstić information content (AvgIpc) is 2.86. The van der Waals surface area contributed by atoms with E-state index in [4.69, 9.17) is 10.5 Å². The van der Waals surface area contributed by atoms with Gasteiger partial charge in [0, 0.05) is 26.7 Å². The van der Waals surface area contributed by atoms with E-state index in [1.807, 2.05) is 11.9 Å². The van der Waals surface area contributed by atoms with E-state index >= 15 is 0 Å². The first-order valence-electron chi connectivity index (χ1n) is 7.10. The van der Waals surface area contributed by atoms with Gasteiger partial charge in [-0.1, -0.05) is 0 Å². The fraction of sp³-hybridized carbons (Fsp3) is 0.714. The summed E-state index contributed by atoms with van der Waals surface area (Å²) in [5, 5.41) is 0. The van der Waals surface area contributed by atoms with E-state index in [2.05, 4.69) is 9.89 Å². The van der Waals surface area contributed by atoms with Gasteiger partial charge in [-0.25, -0.2) is 0 Å². The van der Waals surface area contributed by atoms with Crippen LogP contribution in [0.3, 0.4) is 0 Å². The van der Waals surface area contributed by atoms with E-state index in [0.717, 1.165) is 44.7 Å². The van der Waals surface area contributed by atoms with Crippen molar-refractivity contribution in [2.75, 3.05) is 46.9 Å². The van der Waals surface area contributed by atoms with Crippen LogP contribution in [-0.4, -0.2) is 74.4 Å². The Morgan fingerprint density at radius 1 is 1.55 bits per heavy atom. The third-order valence-corrected chi connectivity index (χ3v) is 3.79. The molecule has 6 nitrogen and oxygen atoms in total. The van der Waals surface area contributed by atoms with Crippen molar-refractivity contribution < 1.29 is 9.53 Å². The molecule has 6 heteroatoms. The van der Waals surface area contributed by atoms with Crippen molar-refractivity contribution in [3.8, 4) is 0 Å². The molecule has 0 aromatic carbocycles. The smallest absolute Gasteiger partial charge is 0.270 e. The molecule has 0 aliphatic carbocycles. The van der Waals surface area contributed by atoms with Gasteiger partial charge in [-0.15, -0.1) is 0 Å². The lowest BCUT2D eigenvalue weighted by molar-refractivity contribution is -0.128. The van der Waals surface area contributed by atoms with Crippen LogP contribution in [0.1, 0.15) is 12.8 Å². The van der Waals surface area contributed by atoms with Gasteiger partial charge < -0.3 is 15.4 Å². The lowest BCUT2D eigenvalue weighted by atomic mass is 10.2. The highest BCUT2D eigenvalue weighted by atomic mass is 16.5. The van der Waals surface area contributed by atoms with Crippen molar-refractivity contribution in [1.29, 1.82) is 0 Å². The van der Waals surface area contributed by atoms with Crippen LogP contribution in [0, 0.1) is 0 Å². The standard InChI is InChI=1S/C14H24N4O2/c1-17-7-5-16-11(9-17)8-13(15)14(19)18-6-3-4-12(18)10-20-2/h8,12H,3-7,9-10,15H2,1-2H3/b13-8-/t12-/m0/s1. The van der Waals surface area contributed by atoms with E-state index in [1.54, 1.807) is 13.2 Å². The van der Waals surface area contributed by atoms with Crippen LogP contribution in [-0.2, 0) is 9.53 Å². The number of aliphatic imine (C=N–C) groups is 1. The molecule has 1 atom stereocenters. The van der Waals surface area contributed by atoms with Gasteiger partial charge in [-0.2, -0.15) is 0 Å². The maximum absolute atomic E-state index is 12.4. The average molecular weight is 280 g/mol. The molecule has 2 N–H and O–H groups in total. The Balaban J connectivity index is 2.02. The molecule has 20 heavy (non-hydrogen) atoms. The zero-order chi connectivity index (χ0) is 14.5. The van der Waals surface area contributed by atoms with Gasteiger partial charge in [0.1, 0.15) is 0 Å². The van der Waals surface area contributed by atoms with Crippen LogP contribution < -0.4 is 5.73 Å². The Labute approximate surface area is 120 Å². The molecule has 2 heterocycles. The van der Waals surface area contributed by atoms with E-state index in [9.17, 15) is 4.79 Å². The molecule has 1 saturated heterocycles. The summed E-state index contributed by atoms with van der Waals surface area (Å²) in [6, 6.07) is 0.149. The first-order chi connectivity index (χ1) is 9.61. The normalized spacial score (nSPS) is 24.9. The number of carbonyl (C=O) groups excluding carboxylic acids is 1. The van der Waals surface area contributed by atoms with Crippen molar-refractivity contribution in [2.24, 2.45) is 10.7 Å². The number of hydrogen-bond acceptors (Lipinski definition) is 5. The number of nitrogens with zero attached hydrogens (tertiary/aromatic N) is 3. The Hall–Kier alpha value is -1.40. The van der Waals surface area contributed by atoms with E-state index in [1.165, 1.54) is 0 Å². The number of methoxy groups -OCH3 is 1. The maximum Gasteiger partial charge on any atom is 0.270 e. The number of nitrogens with two attached hydrogens (primary N) is 1. The third-order valence-electron chi connectivity index (χ3n) is 3.79. The highest BCUT2D eigenvalue weighted by Gasteiger charge is 2.29. The molecule has 112 valence electrons. The number of likely N-dealkylation sites (N-methyl/N-ethyl adjacent to an activating group) is 1. The fourth-order valence-electron chi connectivity index (χ4n) is 2.74. The third kappa shape index (κ3) is 3.58. The summed E-state index contributed by atoms with van der Waals surface area (Å²) in [6.45, 7) is 3.79. The number of carbonyl (C=O) groups is 1. The van der Waals surface area contributed by atoms with E-state index in [-0.39, 0.29) is 17.6 Å². The summed E-state index contributed by atoms with van der Waals surface area (Å²) in [4.78, 5) is 20.8. The Morgan fingerprint density at radius 2 is 2.35 bits per heavy atom. The molecule has 0 spiro atoms. The fourth-order valence-corrected chi connectivity index (χ4v) is 2.74. The molecule has 0 saturated carbocycles. The minimum Gasteiger partial charge on any atom is -0.394 e. The van der Waals surface area contributed by atoms with Gasteiger partial charge in [0.15, 0.2) is 0 Å². The monoisotopic (exact) mass is 280 g/mol. The summed E-state index contributed by atoms with van der Waals surface area (Å²) in [7, 11) is 3.70. The first-order valence-corrected chi connectivity index (χ1v) is 7.10. The predicted molar refractivity (Wildman–Crippen MR) is 78.7 cm³/mol. The zero-order valence-electron chi connectivity index (χ0n) is 12.3. The first kappa shape index (κ1) is 15.0. The second-order valence-electron chi connectivity index (χ2n) is 5.46. The molecular formula is C14H24N4O2. The van der Waals surface area contributed by atoms with Gasteiger partial charge in [0.05, 0.1) is 30.6 Å². The van der Waals surface area contributed by atoms with E-state index < -0.39 is 0 Å². The summed E-state index contributed by atoms with van der Waals surface area (Å²) < 4.78 is 5.17. The second-order valence-corrected chi connectivity index (χ2v) is 5.46. The minimum absolute atomic E-state index is 0.0968. The lowest BCUT2D eigenvalue weighted by Crippen LogP contribution is -2.41. The maximum atomic E-state index is 12.4. The number of likely N-dealkylation sites (tertiary alicyclic amines) is 1. The number of rotatable bonds is 4. The SMILES string of the molecule is COC[C@@H]1CCCN1C(=O)/C(N)=C/C1=NCCN(C)C1. The quantitative estimate of drug-likeness (QED) is 0.727. The number of hydrogen-bond donors (Lipinski definition) is 1. The van der Waals surface area contributed by atoms with Gasteiger partial charge >= 0.3 is 0 Å². The van der Waals surface area contributed by atoms with Crippen molar-refractivity contribution in [3.63, 3.8) is 0 Å². The summed E-state index contributed by atoms with van der Waals surface area (Å²) in [6.07, 6.45) is 3.72. The molecule has 1 amide bonds. The predicted octanol–water partition coefficient (Wildman–Crippen LogP) is -0.147. The second kappa shape index (κ2) is 6.85. The van der Waals surface area contributed by atoms with Crippen molar-refractivity contribution >= 4 is 11.6 Å². The highest BCUT2D eigenvalue weighted by Crippen LogP contribution is 2.18. The molecule has 1 fully saturated rings. The Morgan fingerprint density at radius 3 is 3.05 bits per heavy atom. The van der Waals surface area contributed by atoms with Gasteiger partial charge in [0.2, 0.25) is 0 Å². The van der Waals surface area contributed by atoms with Crippen molar-refractivity contribution in [3.05, 3.63) is 11.8 Å². The number of amides is 1. The lowest BCUT2D eigenvalue weighted by Gasteiger charge is -2.25. The van der Waals surface area contributed by atoms with Crippen LogP contribution in [0.15, 0.2) is 16.8 Å². The van der Waals surface area contributed by atoms with E-state index in [0.29, 0.717) is 6.61 Å². The minimum atomic E-state index is -0.0968. The van der Waals surface area contributed by atoms with Crippen molar-refractivity contribution in [2.45, 2.75) is 18.9 Å².